The van der Waals surface area contributed by atoms with Crippen LogP contribution in [0.4, 0.5) is 5.69 Å². The molecule has 0 radical (unpaired) electrons. The molecule has 0 bridgehead atoms. The maximum Gasteiger partial charge on any atom is 0.264 e. The number of rotatable bonds is 16. The number of thioether (sulfide) groups is 1. The topological polar surface area (TPSA) is 96.0 Å². The average molecular weight is 753 g/mol. The summed E-state index contributed by atoms with van der Waals surface area (Å²) in [6, 6.07) is 29.4. The van der Waals surface area contributed by atoms with Crippen molar-refractivity contribution in [3.8, 4) is 5.75 Å². The van der Waals surface area contributed by atoms with E-state index in [9.17, 15) is 18.0 Å². The van der Waals surface area contributed by atoms with Crippen LogP contribution in [0.3, 0.4) is 0 Å². The molecule has 1 N–H and O–H groups in total. The Kier molecular flexibility index (Phi) is 13.5. The molecule has 0 saturated heterocycles. The van der Waals surface area contributed by atoms with Gasteiger partial charge in [0.15, 0.2) is 0 Å². The summed E-state index contributed by atoms with van der Waals surface area (Å²) in [5.74, 6) is -0.334. The molecule has 0 aliphatic heterocycles. The largest absolute Gasteiger partial charge is 0.492 e. The summed E-state index contributed by atoms with van der Waals surface area (Å²) in [6.07, 6.45) is 2.15. The lowest BCUT2D eigenvalue weighted by Gasteiger charge is -2.34. The van der Waals surface area contributed by atoms with Gasteiger partial charge in [-0.05, 0) is 78.8 Å². The van der Waals surface area contributed by atoms with Crippen LogP contribution in [0.15, 0.2) is 117 Å². The first-order valence-electron chi connectivity index (χ1n) is 15.8. The lowest BCUT2D eigenvalue weighted by Crippen LogP contribution is -2.53. The summed E-state index contributed by atoms with van der Waals surface area (Å²) < 4.78 is 36.6. The third kappa shape index (κ3) is 9.87. The quantitative estimate of drug-likeness (QED) is 0.122. The van der Waals surface area contributed by atoms with Gasteiger partial charge in [-0.25, -0.2) is 8.42 Å². The van der Waals surface area contributed by atoms with Crippen LogP contribution < -0.4 is 14.4 Å². The highest BCUT2D eigenvalue weighted by atomic mass is 79.9. The molecule has 2 amide bonds. The number of benzene rings is 4. The summed E-state index contributed by atoms with van der Waals surface area (Å²) in [5.41, 5.74) is 1.88. The zero-order valence-electron chi connectivity index (χ0n) is 27.6. The van der Waals surface area contributed by atoms with Crippen molar-refractivity contribution in [2.45, 2.75) is 49.6 Å². The Morgan fingerprint density at radius 2 is 1.56 bits per heavy atom. The highest BCUT2D eigenvalue weighted by molar-refractivity contribution is 9.10. The van der Waals surface area contributed by atoms with Gasteiger partial charge in [0.25, 0.3) is 10.0 Å². The standard InChI is InChI=1S/C37H42BrN3O5S2/c1-5-46-35-17-10-9-16-33(35)41(48(44,45)32-20-18-31(47-4)19-21-32)26-36(42)40(25-29-14-11-15-30(38)22-29)34(37(43)39-24-27(2)3)23-28-12-7-6-8-13-28/h6-22,27,34H,5,23-26H2,1-4H3,(H,39,43)/t34-/m0/s1. The van der Waals surface area contributed by atoms with Crippen molar-refractivity contribution in [3.63, 3.8) is 0 Å². The molecule has 11 heteroatoms. The van der Waals surface area contributed by atoms with Crippen molar-refractivity contribution in [2.75, 3.05) is 30.3 Å². The van der Waals surface area contributed by atoms with Crippen molar-refractivity contribution >= 4 is 55.2 Å². The Morgan fingerprint density at radius 3 is 2.21 bits per heavy atom. The summed E-state index contributed by atoms with van der Waals surface area (Å²) in [7, 11) is -4.27. The summed E-state index contributed by atoms with van der Waals surface area (Å²) in [4.78, 5) is 31.1. The molecule has 48 heavy (non-hydrogen) atoms. The number of sulfonamides is 1. The van der Waals surface area contributed by atoms with E-state index in [1.54, 1.807) is 48.5 Å². The van der Waals surface area contributed by atoms with Gasteiger partial charge < -0.3 is 15.0 Å². The molecule has 0 aliphatic carbocycles. The number of nitrogens with one attached hydrogen (secondary N) is 1. The Labute approximate surface area is 297 Å². The van der Waals surface area contributed by atoms with Crippen molar-refractivity contribution in [1.29, 1.82) is 0 Å². The van der Waals surface area contributed by atoms with E-state index in [4.69, 9.17) is 4.74 Å². The number of halogens is 1. The maximum atomic E-state index is 14.7. The van der Waals surface area contributed by atoms with Gasteiger partial charge in [-0.15, -0.1) is 11.8 Å². The normalized spacial score (nSPS) is 12.0. The predicted octanol–water partition coefficient (Wildman–Crippen LogP) is 7.18. The lowest BCUT2D eigenvalue weighted by atomic mass is 10.0. The van der Waals surface area contributed by atoms with Crippen LogP contribution in [0.5, 0.6) is 5.75 Å². The van der Waals surface area contributed by atoms with E-state index in [1.807, 2.05) is 81.6 Å². The minimum atomic E-state index is -4.27. The SMILES string of the molecule is CCOc1ccccc1N(CC(=O)N(Cc1cccc(Br)c1)[C@@H](Cc1ccccc1)C(=O)NCC(C)C)S(=O)(=O)c1ccc(SC)cc1. The van der Waals surface area contributed by atoms with Gasteiger partial charge in [-0.3, -0.25) is 13.9 Å². The van der Waals surface area contributed by atoms with E-state index < -0.39 is 28.5 Å². The predicted molar refractivity (Wildman–Crippen MR) is 197 cm³/mol. The Balaban J connectivity index is 1.84. The average Bonchev–Trinajstić information content (AvgIpc) is 3.08. The second-order valence-corrected chi connectivity index (χ2v) is 15.2. The fraction of sp³-hybridized carbons (Fsp3) is 0.297. The molecule has 4 aromatic carbocycles. The number of hydrogen-bond acceptors (Lipinski definition) is 6. The number of amides is 2. The van der Waals surface area contributed by atoms with Crippen LogP contribution in [-0.4, -0.2) is 57.1 Å². The fourth-order valence-electron chi connectivity index (χ4n) is 5.14. The molecule has 254 valence electrons. The van der Waals surface area contributed by atoms with Crippen molar-refractivity contribution in [2.24, 2.45) is 5.92 Å². The molecule has 8 nitrogen and oxygen atoms in total. The Bertz CT molecular complexity index is 1770. The molecule has 0 spiro atoms. The van der Waals surface area contributed by atoms with E-state index in [0.29, 0.717) is 18.9 Å². The van der Waals surface area contributed by atoms with E-state index in [1.165, 1.54) is 16.7 Å². The van der Waals surface area contributed by atoms with Crippen LogP contribution in [0, 0.1) is 5.92 Å². The van der Waals surface area contributed by atoms with Gasteiger partial charge in [0.05, 0.1) is 17.2 Å². The van der Waals surface area contributed by atoms with Crippen molar-refractivity contribution < 1.29 is 22.7 Å². The number of carbonyl (C=O) groups is 2. The smallest absolute Gasteiger partial charge is 0.264 e. The minimum absolute atomic E-state index is 0.0356. The second kappa shape index (κ2) is 17.6. The van der Waals surface area contributed by atoms with Crippen LogP contribution in [0.25, 0.3) is 0 Å². The molecule has 1 atom stereocenters. The Hall–Kier alpha value is -3.80. The first-order valence-corrected chi connectivity index (χ1v) is 19.2. The monoisotopic (exact) mass is 751 g/mol. The first-order chi connectivity index (χ1) is 23.0. The van der Waals surface area contributed by atoms with E-state index >= 15 is 0 Å². The van der Waals surface area contributed by atoms with E-state index in [2.05, 4.69) is 21.2 Å². The number of hydrogen-bond donors (Lipinski definition) is 1. The first kappa shape index (κ1) is 37.0. The maximum absolute atomic E-state index is 14.7. The zero-order chi connectivity index (χ0) is 34.7. The molecule has 0 fully saturated rings. The molecule has 0 unspecified atom stereocenters. The number of para-hydroxylation sites is 2. The van der Waals surface area contributed by atoms with Crippen molar-refractivity contribution in [1.82, 2.24) is 10.2 Å². The molecule has 0 aromatic heterocycles. The third-order valence-corrected chi connectivity index (χ3v) is 10.6. The number of anilines is 1. The van der Waals surface area contributed by atoms with Crippen LogP contribution >= 0.6 is 27.7 Å². The third-order valence-electron chi connectivity index (χ3n) is 7.56. The van der Waals surface area contributed by atoms with Crippen molar-refractivity contribution in [3.05, 3.63) is 119 Å². The van der Waals surface area contributed by atoms with Gasteiger partial charge in [-0.2, -0.15) is 0 Å². The van der Waals surface area contributed by atoms with Gasteiger partial charge in [0.1, 0.15) is 18.3 Å². The van der Waals surface area contributed by atoms with Gasteiger partial charge in [0, 0.05) is 28.9 Å². The van der Waals surface area contributed by atoms with Crippen LogP contribution in [0.2, 0.25) is 0 Å². The molecule has 4 rings (SSSR count). The summed E-state index contributed by atoms with van der Waals surface area (Å²) in [5, 5.41) is 3.02. The minimum Gasteiger partial charge on any atom is -0.492 e. The zero-order valence-corrected chi connectivity index (χ0v) is 30.9. The second-order valence-electron chi connectivity index (χ2n) is 11.6. The van der Waals surface area contributed by atoms with Crippen LogP contribution in [0.1, 0.15) is 31.9 Å². The molecular weight excluding hydrogens is 710 g/mol. The highest BCUT2D eigenvalue weighted by Gasteiger charge is 2.35. The number of ether oxygens (including phenoxy) is 1. The van der Waals surface area contributed by atoms with Crippen LogP contribution in [-0.2, 0) is 32.6 Å². The van der Waals surface area contributed by atoms with E-state index in [0.717, 1.165) is 24.8 Å². The molecule has 0 aliphatic rings. The fourth-order valence-corrected chi connectivity index (χ4v) is 7.42. The van der Waals surface area contributed by atoms with Gasteiger partial charge >= 0.3 is 0 Å². The molecule has 0 saturated carbocycles. The van der Waals surface area contributed by atoms with Gasteiger partial charge in [-0.1, -0.05) is 84.4 Å². The van der Waals surface area contributed by atoms with Gasteiger partial charge in [0.2, 0.25) is 11.8 Å². The molecular formula is C37H42BrN3O5S2. The number of nitrogens with zero attached hydrogens (tertiary/aromatic N) is 2. The summed E-state index contributed by atoms with van der Waals surface area (Å²) in [6.45, 7) is 6.05. The molecule has 0 heterocycles. The molecule has 4 aromatic rings. The van der Waals surface area contributed by atoms with E-state index in [-0.39, 0.29) is 35.4 Å². The lowest BCUT2D eigenvalue weighted by molar-refractivity contribution is -0.140. The Morgan fingerprint density at radius 1 is 0.896 bits per heavy atom. The highest BCUT2D eigenvalue weighted by Crippen LogP contribution is 2.33. The summed E-state index contributed by atoms with van der Waals surface area (Å²) >= 11 is 5.02. The number of carbonyl (C=O) groups excluding carboxylic acids is 2.